The lowest BCUT2D eigenvalue weighted by molar-refractivity contribution is 0.791. The number of nitrogens with zero attached hydrogens (tertiary/aromatic N) is 3. The van der Waals surface area contributed by atoms with Gasteiger partial charge in [0.05, 0.1) is 22.4 Å². The number of alkyl halides is 1. The summed E-state index contributed by atoms with van der Waals surface area (Å²) >= 11 is 3.49. The molecule has 17 heavy (non-hydrogen) atoms. The van der Waals surface area contributed by atoms with E-state index < -0.39 is 0 Å². The van der Waals surface area contributed by atoms with Crippen LogP contribution < -0.4 is 0 Å². The van der Waals surface area contributed by atoms with Crippen molar-refractivity contribution in [1.29, 1.82) is 0 Å². The average molecular weight is 294 g/mol. The topological polar surface area (TPSA) is 30.7 Å². The maximum atomic E-state index is 4.14. The first-order valence-corrected chi connectivity index (χ1v) is 6.66. The summed E-state index contributed by atoms with van der Waals surface area (Å²) in [6, 6.07) is 8.40. The van der Waals surface area contributed by atoms with Gasteiger partial charge in [-0.1, -0.05) is 47.1 Å². The molecular formula is C13H16BrN3. The van der Waals surface area contributed by atoms with Crippen LogP contribution in [0.1, 0.15) is 42.8 Å². The number of benzene rings is 1. The molecule has 2 rings (SSSR count). The molecule has 0 aliphatic rings. The van der Waals surface area contributed by atoms with Gasteiger partial charge in [-0.25, -0.2) is 4.68 Å². The molecule has 1 atom stereocenters. The molecule has 0 radical (unpaired) electrons. The van der Waals surface area contributed by atoms with Crippen LogP contribution in [-0.4, -0.2) is 15.0 Å². The summed E-state index contributed by atoms with van der Waals surface area (Å²) in [5.41, 5.74) is 3.31. The van der Waals surface area contributed by atoms with Crippen molar-refractivity contribution < 1.29 is 0 Å². The standard InChI is InChI=1S/C13H16BrN3/c1-9(2)11-5-4-6-12(7-11)17-8-13(10(3)14)15-16-17/h4-10H,1-3H3. The second-order valence-electron chi connectivity index (χ2n) is 4.45. The molecule has 0 saturated heterocycles. The molecule has 0 saturated carbocycles. The molecule has 1 aromatic heterocycles. The van der Waals surface area contributed by atoms with Crippen molar-refractivity contribution in [2.45, 2.75) is 31.5 Å². The zero-order valence-corrected chi connectivity index (χ0v) is 11.8. The van der Waals surface area contributed by atoms with Crippen molar-refractivity contribution in [2.24, 2.45) is 0 Å². The molecule has 0 N–H and O–H groups in total. The second-order valence-corrected chi connectivity index (χ2v) is 5.83. The Kier molecular flexibility index (Phi) is 3.62. The van der Waals surface area contributed by atoms with E-state index in [1.54, 1.807) is 0 Å². The summed E-state index contributed by atoms with van der Waals surface area (Å²) in [7, 11) is 0. The minimum absolute atomic E-state index is 0.226. The Labute approximate surface area is 110 Å². The maximum absolute atomic E-state index is 4.14. The minimum Gasteiger partial charge on any atom is -0.220 e. The van der Waals surface area contributed by atoms with Gasteiger partial charge in [-0.2, -0.15) is 0 Å². The summed E-state index contributed by atoms with van der Waals surface area (Å²) in [4.78, 5) is 0.226. The van der Waals surface area contributed by atoms with Gasteiger partial charge in [0.25, 0.3) is 0 Å². The first kappa shape index (κ1) is 12.3. The first-order valence-electron chi connectivity index (χ1n) is 5.74. The third kappa shape index (κ3) is 2.75. The van der Waals surface area contributed by atoms with Gasteiger partial charge in [-0.3, -0.25) is 0 Å². The highest BCUT2D eigenvalue weighted by Crippen LogP contribution is 2.21. The molecule has 0 aliphatic heterocycles. The molecular weight excluding hydrogens is 278 g/mol. The molecule has 3 nitrogen and oxygen atoms in total. The van der Waals surface area contributed by atoms with Crippen LogP contribution in [0.4, 0.5) is 0 Å². The predicted molar refractivity (Wildman–Crippen MR) is 72.8 cm³/mol. The highest BCUT2D eigenvalue weighted by Gasteiger charge is 2.08. The van der Waals surface area contributed by atoms with E-state index in [0.29, 0.717) is 5.92 Å². The van der Waals surface area contributed by atoms with E-state index in [0.717, 1.165) is 11.4 Å². The van der Waals surface area contributed by atoms with Crippen molar-refractivity contribution in [3.8, 4) is 5.69 Å². The Balaban J connectivity index is 2.35. The molecule has 0 bridgehead atoms. The molecule has 2 aromatic rings. The quantitative estimate of drug-likeness (QED) is 0.805. The molecule has 0 spiro atoms. The molecule has 4 heteroatoms. The summed E-state index contributed by atoms with van der Waals surface area (Å²) in [5, 5.41) is 8.28. The van der Waals surface area contributed by atoms with Crippen molar-refractivity contribution in [1.82, 2.24) is 15.0 Å². The summed E-state index contributed by atoms with van der Waals surface area (Å²) in [5.74, 6) is 0.521. The van der Waals surface area contributed by atoms with Crippen molar-refractivity contribution >= 4 is 15.9 Å². The van der Waals surface area contributed by atoms with Gasteiger partial charge in [-0.15, -0.1) is 5.10 Å². The lowest BCUT2D eigenvalue weighted by atomic mass is 10.0. The van der Waals surface area contributed by atoms with Crippen LogP contribution in [-0.2, 0) is 0 Å². The fourth-order valence-corrected chi connectivity index (χ4v) is 1.82. The smallest absolute Gasteiger partial charge is 0.0965 e. The lowest BCUT2D eigenvalue weighted by Crippen LogP contribution is -1.97. The largest absolute Gasteiger partial charge is 0.220 e. The van der Waals surface area contributed by atoms with Gasteiger partial charge < -0.3 is 0 Å². The molecule has 1 heterocycles. The third-order valence-corrected chi connectivity index (χ3v) is 3.19. The zero-order valence-electron chi connectivity index (χ0n) is 10.3. The number of hydrogen-bond acceptors (Lipinski definition) is 2. The third-order valence-electron chi connectivity index (χ3n) is 2.72. The van der Waals surface area contributed by atoms with Crippen LogP contribution in [0.25, 0.3) is 5.69 Å². The Morgan fingerprint density at radius 1 is 1.24 bits per heavy atom. The van der Waals surface area contributed by atoms with Gasteiger partial charge in [0.2, 0.25) is 0 Å². The number of rotatable bonds is 3. The van der Waals surface area contributed by atoms with Crippen molar-refractivity contribution in [3.63, 3.8) is 0 Å². The highest BCUT2D eigenvalue weighted by molar-refractivity contribution is 9.09. The van der Waals surface area contributed by atoms with Gasteiger partial charge in [0, 0.05) is 0 Å². The summed E-state index contributed by atoms with van der Waals surface area (Å²) in [6.07, 6.45) is 1.96. The Bertz CT molecular complexity index is 503. The number of hydrogen-bond donors (Lipinski definition) is 0. The average Bonchev–Trinajstić information content (AvgIpc) is 2.78. The number of halogens is 1. The number of aromatic nitrogens is 3. The molecule has 0 aliphatic carbocycles. The van der Waals surface area contributed by atoms with Gasteiger partial charge in [0.1, 0.15) is 0 Å². The zero-order chi connectivity index (χ0) is 12.4. The molecule has 1 unspecified atom stereocenters. The summed E-state index contributed by atoms with van der Waals surface area (Å²) in [6.45, 7) is 6.41. The molecule has 0 fully saturated rings. The van der Waals surface area contributed by atoms with Crippen LogP contribution in [0.3, 0.4) is 0 Å². The van der Waals surface area contributed by atoms with Crippen LogP contribution in [0.15, 0.2) is 30.5 Å². The fourth-order valence-electron chi connectivity index (χ4n) is 1.61. The maximum Gasteiger partial charge on any atom is 0.0965 e. The minimum atomic E-state index is 0.226. The van der Waals surface area contributed by atoms with E-state index in [1.807, 2.05) is 23.9 Å². The van der Waals surface area contributed by atoms with Gasteiger partial charge in [0.15, 0.2) is 0 Å². The van der Waals surface area contributed by atoms with Gasteiger partial charge in [-0.05, 0) is 30.5 Å². The van der Waals surface area contributed by atoms with Crippen LogP contribution in [0.5, 0.6) is 0 Å². The van der Waals surface area contributed by atoms with E-state index in [1.165, 1.54) is 5.56 Å². The van der Waals surface area contributed by atoms with Crippen molar-refractivity contribution in [3.05, 3.63) is 41.7 Å². The van der Waals surface area contributed by atoms with E-state index in [-0.39, 0.29) is 4.83 Å². The monoisotopic (exact) mass is 293 g/mol. The summed E-state index contributed by atoms with van der Waals surface area (Å²) < 4.78 is 1.82. The predicted octanol–water partition coefficient (Wildman–Crippen LogP) is 3.85. The normalized spacial score (nSPS) is 13.0. The Hall–Kier alpha value is -1.16. The highest BCUT2D eigenvalue weighted by atomic mass is 79.9. The van der Waals surface area contributed by atoms with Crippen molar-refractivity contribution in [2.75, 3.05) is 0 Å². The van der Waals surface area contributed by atoms with E-state index in [2.05, 4.69) is 58.3 Å². The van der Waals surface area contributed by atoms with Crippen LogP contribution in [0.2, 0.25) is 0 Å². The second kappa shape index (κ2) is 5.00. The molecule has 1 aromatic carbocycles. The Morgan fingerprint density at radius 2 is 2.00 bits per heavy atom. The van der Waals surface area contributed by atoms with E-state index in [9.17, 15) is 0 Å². The lowest BCUT2D eigenvalue weighted by Gasteiger charge is -2.07. The van der Waals surface area contributed by atoms with E-state index >= 15 is 0 Å². The van der Waals surface area contributed by atoms with Crippen LogP contribution in [0, 0.1) is 0 Å². The van der Waals surface area contributed by atoms with Gasteiger partial charge >= 0.3 is 0 Å². The molecule has 0 amide bonds. The molecule has 90 valence electrons. The van der Waals surface area contributed by atoms with Crippen LogP contribution >= 0.6 is 15.9 Å². The fraction of sp³-hybridized carbons (Fsp3) is 0.385. The Morgan fingerprint density at radius 3 is 2.59 bits per heavy atom. The first-order chi connectivity index (χ1) is 8.08. The SMILES string of the molecule is CC(C)c1cccc(-n2cc(C(C)Br)nn2)c1. The van der Waals surface area contributed by atoms with E-state index in [4.69, 9.17) is 0 Å².